The Kier molecular flexibility index (Phi) is 2.58. The van der Waals surface area contributed by atoms with Gasteiger partial charge in [0, 0.05) is 13.1 Å². The molecule has 0 bridgehead atoms. The maximum atomic E-state index is 11.6. The first kappa shape index (κ1) is 10.0. The Morgan fingerprint density at radius 3 is 2.69 bits per heavy atom. The molecule has 0 radical (unpaired) electrons. The van der Waals surface area contributed by atoms with E-state index >= 15 is 0 Å². The van der Waals surface area contributed by atoms with Crippen molar-refractivity contribution in [2.45, 2.75) is 26.4 Å². The van der Waals surface area contributed by atoms with Gasteiger partial charge in [-0.2, -0.15) is 5.26 Å². The van der Waals surface area contributed by atoms with Crippen LogP contribution in [0.1, 0.15) is 20.3 Å². The average molecular weight is 182 g/mol. The first-order chi connectivity index (χ1) is 5.97. The Bertz CT molecular complexity index is 255. The summed E-state index contributed by atoms with van der Waals surface area (Å²) in [6.07, 6.45) is 0.200. The molecule has 13 heavy (non-hydrogen) atoms. The molecule has 1 atom stereocenters. The Hall–Kier alpha value is -1.08. The van der Waals surface area contributed by atoms with Crippen molar-refractivity contribution in [1.82, 2.24) is 4.90 Å². The van der Waals surface area contributed by atoms with Crippen LogP contribution in [0.15, 0.2) is 0 Å². The van der Waals surface area contributed by atoms with Gasteiger partial charge in [-0.1, -0.05) is 0 Å². The summed E-state index contributed by atoms with van der Waals surface area (Å²) < 4.78 is 0. The van der Waals surface area contributed by atoms with E-state index in [1.54, 1.807) is 18.7 Å². The van der Waals surface area contributed by atoms with Crippen molar-refractivity contribution >= 4 is 5.91 Å². The fourth-order valence-electron chi connectivity index (χ4n) is 1.37. The highest BCUT2D eigenvalue weighted by molar-refractivity contribution is 5.84. The molecular formula is C9H14N2O2. The molecule has 1 aliphatic rings. The minimum atomic E-state index is -0.968. The van der Waals surface area contributed by atoms with Gasteiger partial charge in [0.25, 0.3) is 0 Å². The third-order valence-corrected chi connectivity index (χ3v) is 2.26. The molecule has 1 fully saturated rings. The predicted octanol–water partition coefficient (Wildman–Crippen LogP) is 0.129. The van der Waals surface area contributed by atoms with Crippen LogP contribution in [0.2, 0.25) is 0 Å². The Morgan fingerprint density at radius 1 is 1.69 bits per heavy atom. The highest BCUT2D eigenvalue weighted by Crippen LogP contribution is 2.20. The zero-order valence-electron chi connectivity index (χ0n) is 7.95. The number of nitriles is 1. The molecular weight excluding hydrogens is 168 g/mol. The topological polar surface area (TPSA) is 64.3 Å². The molecule has 0 spiro atoms. The van der Waals surface area contributed by atoms with E-state index < -0.39 is 11.5 Å². The number of aliphatic hydroxyl groups is 1. The summed E-state index contributed by atoms with van der Waals surface area (Å²) in [5.74, 6) is -0.188. The van der Waals surface area contributed by atoms with Crippen LogP contribution >= 0.6 is 0 Å². The van der Waals surface area contributed by atoms with Crippen LogP contribution in [0.25, 0.3) is 0 Å². The van der Waals surface area contributed by atoms with E-state index in [0.29, 0.717) is 19.5 Å². The molecule has 1 amide bonds. The summed E-state index contributed by atoms with van der Waals surface area (Å²) in [6.45, 7) is 4.12. The van der Waals surface area contributed by atoms with Crippen LogP contribution < -0.4 is 0 Å². The number of nitrogens with zero attached hydrogens (tertiary/aromatic N) is 2. The van der Waals surface area contributed by atoms with Gasteiger partial charge in [0.1, 0.15) is 5.41 Å². The molecule has 1 rings (SSSR count). The Labute approximate surface area is 77.8 Å². The normalized spacial score (nSPS) is 22.9. The minimum absolute atomic E-state index is 0.188. The first-order valence-corrected chi connectivity index (χ1v) is 4.36. The van der Waals surface area contributed by atoms with Crippen molar-refractivity contribution in [3.63, 3.8) is 0 Å². The van der Waals surface area contributed by atoms with Gasteiger partial charge < -0.3 is 10.0 Å². The van der Waals surface area contributed by atoms with Crippen molar-refractivity contribution < 1.29 is 9.90 Å². The monoisotopic (exact) mass is 182 g/mol. The van der Waals surface area contributed by atoms with Crippen molar-refractivity contribution in [2.24, 2.45) is 5.41 Å². The molecule has 1 heterocycles. The third-order valence-electron chi connectivity index (χ3n) is 2.26. The minimum Gasteiger partial charge on any atom is -0.391 e. The van der Waals surface area contributed by atoms with Gasteiger partial charge in [-0.3, -0.25) is 4.79 Å². The van der Waals surface area contributed by atoms with Gasteiger partial charge in [0.05, 0.1) is 12.2 Å². The van der Waals surface area contributed by atoms with Gasteiger partial charge in [0.2, 0.25) is 5.91 Å². The molecule has 1 aliphatic heterocycles. The number of hydrogen-bond donors (Lipinski definition) is 1. The molecule has 72 valence electrons. The van der Waals surface area contributed by atoms with Crippen LogP contribution in [-0.4, -0.2) is 35.1 Å². The molecule has 0 saturated carbocycles. The van der Waals surface area contributed by atoms with Crippen molar-refractivity contribution in [1.29, 1.82) is 5.26 Å². The standard InChI is InChI=1S/C9H14N2O2/c1-9(2,6-10)8(13)11-4-3-7(12)5-11/h7,12H,3-5H2,1-2H3/t7-/m1/s1. The fraction of sp³-hybridized carbons (Fsp3) is 0.778. The molecule has 4 nitrogen and oxygen atoms in total. The number of carbonyl (C=O) groups excluding carboxylic acids is 1. The van der Waals surface area contributed by atoms with Gasteiger partial charge in [-0.15, -0.1) is 0 Å². The van der Waals surface area contributed by atoms with Gasteiger partial charge in [-0.25, -0.2) is 0 Å². The van der Waals surface area contributed by atoms with E-state index in [-0.39, 0.29) is 5.91 Å². The van der Waals surface area contributed by atoms with Crippen LogP contribution in [0.3, 0.4) is 0 Å². The lowest BCUT2D eigenvalue weighted by Crippen LogP contribution is -2.39. The number of hydrogen-bond acceptors (Lipinski definition) is 3. The highest BCUT2D eigenvalue weighted by atomic mass is 16.3. The highest BCUT2D eigenvalue weighted by Gasteiger charge is 2.35. The van der Waals surface area contributed by atoms with Crippen LogP contribution in [0.4, 0.5) is 0 Å². The molecule has 4 heteroatoms. The second kappa shape index (κ2) is 3.35. The van der Waals surface area contributed by atoms with Crippen molar-refractivity contribution in [3.8, 4) is 6.07 Å². The van der Waals surface area contributed by atoms with Crippen molar-refractivity contribution in [2.75, 3.05) is 13.1 Å². The molecule has 0 aliphatic carbocycles. The fourth-order valence-corrected chi connectivity index (χ4v) is 1.37. The van der Waals surface area contributed by atoms with E-state index in [1.165, 1.54) is 0 Å². The van der Waals surface area contributed by atoms with E-state index in [2.05, 4.69) is 0 Å². The molecule has 0 aromatic heterocycles. The van der Waals surface area contributed by atoms with E-state index in [9.17, 15) is 9.90 Å². The number of carbonyl (C=O) groups is 1. The Balaban J connectivity index is 2.65. The van der Waals surface area contributed by atoms with Crippen LogP contribution in [-0.2, 0) is 4.79 Å². The number of likely N-dealkylation sites (tertiary alicyclic amines) is 1. The predicted molar refractivity (Wildman–Crippen MR) is 46.6 cm³/mol. The van der Waals surface area contributed by atoms with E-state index in [4.69, 9.17) is 5.26 Å². The maximum Gasteiger partial charge on any atom is 0.242 e. The summed E-state index contributed by atoms with van der Waals surface area (Å²) in [5, 5.41) is 17.9. The first-order valence-electron chi connectivity index (χ1n) is 4.36. The number of rotatable bonds is 1. The molecule has 0 unspecified atom stereocenters. The second-order valence-corrected chi connectivity index (χ2v) is 3.93. The Morgan fingerprint density at radius 2 is 2.31 bits per heavy atom. The number of aliphatic hydroxyl groups excluding tert-OH is 1. The average Bonchev–Trinajstić information content (AvgIpc) is 2.50. The summed E-state index contributed by atoms with van der Waals surface area (Å²) in [5.41, 5.74) is -0.968. The zero-order valence-corrected chi connectivity index (χ0v) is 7.95. The van der Waals surface area contributed by atoms with Gasteiger partial charge in [-0.05, 0) is 20.3 Å². The molecule has 1 saturated heterocycles. The third kappa shape index (κ3) is 1.99. The quantitative estimate of drug-likeness (QED) is 0.627. The maximum absolute atomic E-state index is 11.6. The van der Waals surface area contributed by atoms with E-state index in [0.717, 1.165) is 0 Å². The van der Waals surface area contributed by atoms with Gasteiger partial charge >= 0.3 is 0 Å². The van der Waals surface area contributed by atoms with Crippen LogP contribution in [0.5, 0.6) is 0 Å². The SMILES string of the molecule is CC(C)(C#N)C(=O)N1CC[C@@H](O)C1. The smallest absolute Gasteiger partial charge is 0.242 e. The van der Waals surface area contributed by atoms with Crippen LogP contribution in [0, 0.1) is 16.7 Å². The lowest BCUT2D eigenvalue weighted by Gasteiger charge is -2.22. The summed E-state index contributed by atoms with van der Waals surface area (Å²) in [4.78, 5) is 13.2. The lowest BCUT2D eigenvalue weighted by atomic mass is 9.94. The summed E-state index contributed by atoms with van der Waals surface area (Å²) >= 11 is 0. The zero-order chi connectivity index (χ0) is 10.1. The lowest BCUT2D eigenvalue weighted by molar-refractivity contribution is -0.136. The summed E-state index contributed by atoms with van der Waals surface area (Å²) in [7, 11) is 0. The molecule has 0 aromatic rings. The van der Waals surface area contributed by atoms with Crippen molar-refractivity contribution in [3.05, 3.63) is 0 Å². The summed E-state index contributed by atoms with van der Waals surface area (Å²) in [6, 6.07) is 1.96. The van der Waals surface area contributed by atoms with Gasteiger partial charge in [0.15, 0.2) is 0 Å². The number of β-amino-alcohol motifs (C(OH)–C–C–N with tert-alkyl or cyclic N) is 1. The molecule has 1 N–H and O–H groups in total. The van der Waals surface area contributed by atoms with E-state index in [1.807, 2.05) is 6.07 Å². The largest absolute Gasteiger partial charge is 0.391 e. The second-order valence-electron chi connectivity index (χ2n) is 3.93. The number of amides is 1. The molecule has 0 aromatic carbocycles.